The third kappa shape index (κ3) is 4.17. The van der Waals surface area contributed by atoms with Gasteiger partial charge in [0.15, 0.2) is 0 Å². The molecule has 0 bridgehead atoms. The van der Waals surface area contributed by atoms with E-state index in [4.69, 9.17) is 0 Å². The van der Waals surface area contributed by atoms with Gasteiger partial charge in [-0.2, -0.15) is 13.2 Å². The highest BCUT2D eigenvalue weighted by Crippen LogP contribution is 2.34. The van der Waals surface area contributed by atoms with Gasteiger partial charge in [0, 0.05) is 10.6 Å². The van der Waals surface area contributed by atoms with E-state index < -0.39 is 17.8 Å². The number of anilines is 2. The van der Waals surface area contributed by atoms with Crippen molar-refractivity contribution in [3.8, 4) is 0 Å². The van der Waals surface area contributed by atoms with Crippen LogP contribution in [0, 0.1) is 0 Å². The van der Waals surface area contributed by atoms with Crippen LogP contribution < -0.4 is 10.6 Å². The van der Waals surface area contributed by atoms with Crippen molar-refractivity contribution >= 4 is 29.2 Å². The lowest BCUT2D eigenvalue weighted by Gasteiger charge is -2.14. The van der Waals surface area contributed by atoms with Crippen LogP contribution in [0.1, 0.15) is 5.56 Å². The fourth-order valence-corrected chi connectivity index (χ4v) is 2.21. The van der Waals surface area contributed by atoms with Gasteiger partial charge in [-0.1, -0.05) is 12.1 Å². The number of alkyl halides is 3. The third-order valence-corrected chi connectivity index (χ3v) is 3.57. The molecule has 2 amide bonds. The van der Waals surface area contributed by atoms with Crippen molar-refractivity contribution in [3.63, 3.8) is 0 Å². The minimum absolute atomic E-state index is 0.284. The molecule has 0 atom stereocenters. The molecule has 3 nitrogen and oxygen atoms in total. The number of amides is 2. The molecule has 0 saturated heterocycles. The van der Waals surface area contributed by atoms with Gasteiger partial charge in [-0.15, -0.1) is 11.8 Å². The van der Waals surface area contributed by atoms with Crippen molar-refractivity contribution < 1.29 is 18.0 Å². The first-order valence-electron chi connectivity index (χ1n) is 6.28. The molecule has 22 heavy (non-hydrogen) atoms. The third-order valence-electron chi connectivity index (χ3n) is 2.83. The molecule has 0 aromatic heterocycles. The fourth-order valence-electron chi connectivity index (χ4n) is 1.80. The molecule has 0 fully saturated rings. The van der Waals surface area contributed by atoms with E-state index in [1.54, 1.807) is 23.9 Å². The lowest BCUT2D eigenvalue weighted by atomic mass is 10.1. The highest BCUT2D eigenvalue weighted by Gasteiger charge is 2.33. The van der Waals surface area contributed by atoms with E-state index in [1.807, 2.05) is 18.4 Å². The Morgan fingerprint density at radius 2 is 1.64 bits per heavy atom. The monoisotopic (exact) mass is 326 g/mol. The first kappa shape index (κ1) is 16.2. The summed E-state index contributed by atoms with van der Waals surface area (Å²) in [4.78, 5) is 12.8. The molecule has 0 radical (unpaired) electrons. The van der Waals surface area contributed by atoms with Gasteiger partial charge >= 0.3 is 12.2 Å². The Hall–Kier alpha value is -2.15. The summed E-state index contributed by atoms with van der Waals surface area (Å²) in [5.41, 5.74) is -0.670. The maximum atomic E-state index is 12.8. The highest BCUT2D eigenvalue weighted by molar-refractivity contribution is 7.98. The molecule has 2 N–H and O–H groups in total. The van der Waals surface area contributed by atoms with E-state index in [9.17, 15) is 18.0 Å². The average Bonchev–Trinajstić information content (AvgIpc) is 2.47. The molecule has 2 aromatic rings. The molecule has 0 spiro atoms. The number of halogens is 3. The molecule has 0 heterocycles. The first-order chi connectivity index (χ1) is 10.4. The standard InChI is InChI=1S/C15H13F3N2OS/c1-22-11-8-6-10(7-9-11)19-14(21)20-13-5-3-2-4-12(13)15(16,17)18/h2-9H,1H3,(H2,19,20,21). The Morgan fingerprint density at radius 1 is 1.00 bits per heavy atom. The Balaban J connectivity index is 2.09. The summed E-state index contributed by atoms with van der Waals surface area (Å²) in [6.07, 6.45) is -2.60. The van der Waals surface area contributed by atoms with E-state index in [0.29, 0.717) is 5.69 Å². The molecule has 2 aromatic carbocycles. The zero-order chi connectivity index (χ0) is 16.2. The van der Waals surface area contributed by atoms with Crippen LogP contribution in [-0.4, -0.2) is 12.3 Å². The fraction of sp³-hybridized carbons (Fsp3) is 0.133. The van der Waals surface area contributed by atoms with Gasteiger partial charge in [-0.05, 0) is 42.7 Å². The lowest BCUT2D eigenvalue weighted by molar-refractivity contribution is -0.136. The predicted octanol–water partition coefficient (Wildman–Crippen LogP) is 5.07. The quantitative estimate of drug-likeness (QED) is 0.773. The number of hydrogen-bond donors (Lipinski definition) is 2. The molecule has 7 heteroatoms. The summed E-state index contributed by atoms with van der Waals surface area (Å²) in [6, 6.07) is 11.1. The van der Waals surface area contributed by atoms with Crippen LogP contribution in [0.15, 0.2) is 53.4 Å². The number of urea groups is 1. The number of nitrogens with one attached hydrogen (secondary N) is 2. The molecule has 0 saturated carbocycles. The zero-order valence-electron chi connectivity index (χ0n) is 11.6. The van der Waals surface area contributed by atoms with Gasteiger partial charge in [0.05, 0.1) is 11.3 Å². The van der Waals surface area contributed by atoms with Gasteiger partial charge in [0.25, 0.3) is 0 Å². The number of benzene rings is 2. The van der Waals surface area contributed by atoms with Crippen LogP contribution in [0.2, 0.25) is 0 Å². The van der Waals surface area contributed by atoms with E-state index >= 15 is 0 Å². The minimum atomic E-state index is -4.52. The first-order valence-corrected chi connectivity index (χ1v) is 7.51. The normalized spacial score (nSPS) is 11.1. The molecular weight excluding hydrogens is 313 g/mol. The van der Waals surface area contributed by atoms with E-state index in [1.165, 1.54) is 18.2 Å². The number of hydrogen-bond acceptors (Lipinski definition) is 2. The SMILES string of the molecule is CSc1ccc(NC(=O)Nc2ccccc2C(F)(F)F)cc1. The molecule has 0 aliphatic heterocycles. The maximum Gasteiger partial charge on any atom is 0.418 e. The van der Waals surface area contributed by atoms with Gasteiger partial charge in [-0.3, -0.25) is 0 Å². The van der Waals surface area contributed by atoms with Gasteiger partial charge in [0.1, 0.15) is 0 Å². The van der Waals surface area contributed by atoms with Crippen molar-refractivity contribution in [2.24, 2.45) is 0 Å². The largest absolute Gasteiger partial charge is 0.418 e. The summed E-state index contributed by atoms with van der Waals surface area (Å²) < 4.78 is 38.5. The zero-order valence-corrected chi connectivity index (χ0v) is 12.4. The van der Waals surface area contributed by atoms with Crippen molar-refractivity contribution in [1.29, 1.82) is 0 Å². The van der Waals surface area contributed by atoms with Crippen LogP contribution >= 0.6 is 11.8 Å². The summed E-state index contributed by atoms with van der Waals surface area (Å²) in [5, 5.41) is 4.71. The number of carbonyl (C=O) groups is 1. The van der Waals surface area contributed by atoms with Gasteiger partial charge < -0.3 is 10.6 Å². The van der Waals surface area contributed by atoms with Crippen molar-refractivity contribution in [1.82, 2.24) is 0 Å². The lowest BCUT2D eigenvalue weighted by Crippen LogP contribution is -2.21. The van der Waals surface area contributed by atoms with Crippen molar-refractivity contribution in [2.45, 2.75) is 11.1 Å². The van der Waals surface area contributed by atoms with E-state index in [2.05, 4.69) is 10.6 Å². The molecule has 0 unspecified atom stereocenters. The van der Waals surface area contributed by atoms with Gasteiger partial charge in [-0.25, -0.2) is 4.79 Å². The maximum absolute atomic E-state index is 12.8. The van der Waals surface area contributed by atoms with Crippen LogP contribution in [0.5, 0.6) is 0 Å². The number of para-hydroxylation sites is 1. The highest BCUT2D eigenvalue weighted by atomic mass is 32.2. The van der Waals surface area contributed by atoms with Crippen LogP contribution in [0.3, 0.4) is 0 Å². The summed E-state index contributed by atoms with van der Waals surface area (Å²) in [6.45, 7) is 0. The molecular formula is C15H13F3N2OS. The van der Waals surface area contributed by atoms with Crippen molar-refractivity contribution in [3.05, 3.63) is 54.1 Å². The summed E-state index contributed by atoms with van der Waals surface area (Å²) in [5.74, 6) is 0. The number of rotatable bonds is 3. The Morgan fingerprint density at radius 3 is 2.23 bits per heavy atom. The Bertz CT molecular complexity index is 657. The molecule has 0 aliphatic carbocycles. The van der Waals surface area contributed by atoms with Crippen LogP contribution in [0.25, 0.3) is 0 Å². The summed E-state index contributed by atoms with van der Waals surface area (Å²) in [7, 11) is 0. The summed E-state index contributed by atoms with van der Waals surface area (Å²) >= 11 is 1.55. The van der Waals surface area contributed by atoms with Crippen molar-refractivity contribution in [2.75, 3.05) is 16.9 Å². The molecule has 116 valence electrons. The second-order valence-electron chi connectivity index (χ2n) is 4.35. The van der Waals surface area contributed by atoms with E-state index in [-0.39, 0.29) is 5.69 Å². The van der Waals surface area contributed by atoms with Gasteiger partial charge in [0.2, 0.25) is 0 Å². The Kier molecular flexibility index (Phi) is 4.97. The smallest absolute Gasteiger partial charge is 0.308 e. The predicted molar refractivity (Wildman–Crippen MR) is 82.3 cm³/mol. The minimum Gasteiger partial charge on any atom is -0.308 e. The average molecular weight is 326 g/mol. The van der Waals surface area contributed by atoms with Crippen LogP contribution in [0.4, 0.5) is 29.3 Å². The van der Waals surface area contributed by atoms with E-state index in [0.717, 1.165) is 11.0 Å². The molecule has 2 rings (SSSR count). The topological polar surface area (TPSA) is 41.1 Å². The molecule has 0 aliphatic rings. The van der Waals surface area contributed by atoms with Crippen LogP contribution in [-0.2, 0) is 6.18 Å². The second kappa shape index (κ2) is 6.74. The Labute approximate surface area is 129 Å². The second-order valence-corrected chi connectivity index (χ2v) is 5.23. The number of carbonyl (C=O) groups excluding carboxylic acids is 1. The number of thioether (sulfide) groups is 1.